The van der Waals surface area contributed by atoms with Crippen LogP contribution in [-0.2, 0) is 11.3 Å². The van der Waals surface area contributed by atoms with Crippen LogP contribution in [0.4, 0.5) is 0 Å². The van der Waals surface area contributed by atoms with E-state index in [1.165, 1.54) is 7.11 Å². The number of benzene rings is 2. The molecule has 0 aliphatic heterocycles. The van der Waals surface area contributed by atoms with Crippen LogP contribution in [0.3, 0.4) is 0 Å². The van der Waals surface area contributed by atoms with Crippen LogP contribution in [0, 0.1) is 11.3 Å². The van der Waals surface area contributed by atoms with Gasteiger partial charge in [-0.05, 0) is 55.0 Å². The summed E-state index contributed by atoms with van der Waals surface area (Å²) in [4.78, 5) is 16.4. The molecule has 0 unspecified atom stereocenters. The maximum atomic E-state index is 12.2. The third-order valence-electron chi connectivity index (χ3n) is 4.30. The number of ether oxygens (including phenoxy) is 4. The second-order valence-electron chi connectivity index (χ2n) is 6.55. The van der Waals surface area contributed by atoms with Crippen molar-refractivity contribution in [1.29, 1.82) is 5.26 Å². The monoisotopic (exact) mass is 433 g/mol. The first kappa shape index (κ1) is 22.4. The molecular weight excluding hydrogens is 410 g/mol. The summed E-state index contributed by atoms with van der Waals surface area (Å²) in [5.74, 6) is 2.29. The molecule has 0 fully saturated rings. The lowest BCUT2D eigenvalue weighted by molar-refractivity contribution is -0.123. The molecule has 3 rings (SSSR count). The Balaban J connectivity index is 1.51. The number of pyridine rings is 1. The molecule has 0 atom stereocenters. The quantitative estimate of drug-likeness (QED) is 0.518. The highest BCUT2D eigenvalue weighted by molar-refractivity contribution is 5.77. The Labute approximate surface area is 186 Å². The van der Waals surface area contributed by atoms with E-state index in [-0.39, 0.29) is 19.1 Å². The van der Waals surface area contributed by atoms with E-state index in [4.69, 9.17) is 24.2 Å². The van der Waals surface area contributed by atoms with E-state index in [9.17, 15) is 4.79 Å². The number of rotatable bonds is 10. The molecule has 32 heavy (non-hydrogen) atoms. The van der Waals surface area contributed by atoms with Crippen LogP contribution in [0.1, 0.15) is 18.1 Å². The summed E-state index contributed by atoms with van der Waals surface area (Å²) in [7, 11) is 1.47. The normalized spacial score (nSPS) is 10.0. The standard InChI is InChI=1S/C24H23N3O5/c1-3-30-19-5-7-20(8-6-19)32-24-13-18(10-11-26-24)15-27-23(28)16-31-21-9-4-17(14-25)12-22(21)29-2/h4-13H,3,15-16H2,1-2H3,(H,27,28). The SMILES string of the molecule is CCOc1ccc(Oc2cc(CNC(=O)COc3ccc(C#N)cc3OC)ccn2)cc1. The van der Waals surface area contributed by atoms with Crippen molar-refractivity contribution >= 4 is 5.91 Å². The molecular formula is C24H23N3O5. The molecule has 0 saturated heterocycles. The Hall–Kier alpha value is -4.25. The zero-order valence-corrected chi connectivity index (χ0v) is 17.8. The summed E-state index contributed by atoms with van der Waals surface area (Å²) < 4.78 is 21.9. The van der Waals surface area contributed by atoms with Crippen molar-refractivity contribution in [2.75, 3.05) is 20.3 Å². The van der Waals surface area contributed by atoms with Gasteiger partial charge in [0.05, 0.1) is 25.3 Å². The van der Waals surface area contributed by atoms with Crippen molar-refractivity contribution in [3.05, 3.63) is 71.9 Å². The molecule has 0 aliphatic carbocycles. The second kappa shape index (κ2) is 11.2. The number of nitriles is 1. The maximum absolute atomic E-state index is 12.2. The first-order valence-electron chi connectivity index (χ1n) is 9.94. The van der Waals surface area contributed by atoms with Gasteiger partial charge in [-0.1, -0.05) is 0 Å². The van der Waals surface area contributed by atoms with Gasteiger partial charge in [-0.2, -0.15) is 5.26 Å². The number of methoxy groups -OCH3 is 1. The number of aromatic nitrogens is 1. The van der Waals surface area contributed by atoms with E-state index < -0.39 is 0 Å². The summed E-state index contributed by atoms with van der Waals surface area (Å²) in [6.07, 6.45) is 1.61. The molecule has 3 aromatic rings. The van der Waals surface area contributed by atoms with E-state index in [0.717, 1.165) is 11.3 Å². The second-order valence-corrected chi connectivity index (χ2v) is 6.55. The summed E-state index contributed by atoms with van der Waals surface area (Å²) in [6.45, 7) is 2.62. The molecule has 0 bridgehead atoms. The van der Waals surface area contributed by atoms with Gasteiger partial charge < -0.3 is 24.3 Å². The number of nitrogens with one attached hydrogen (secondary N) is 1. The van der Waals surface area contributed by atoms with Gasteiger partial charge in [0.1, 0.15) is 11.5 Å². The lowest BCUT2D eigenvalue weighted by Crippen LogP contribution is -2.28. The number of amides is 1. The molecule has 2 aromatic carbocycles. The number of hydrogen-bond acceptors (Lipinski definition) is 7. The van der Waals surface area contributed by atoms with Gasteiger partial charge in [0.2, 0.25) is 5.88 Å². The Bertz CT molecular complexity index is 1090. The van der Waals surface area contributed by atoms with Gasteiger partial charge in [-0.3, -0.25) is 4.79 Å². The molecule has 0 radical (unpaired) electrons. The summed E-state index contributed by atoms with van der Waals surface area (Å²) >= 11 is 0. The summed E-state index contributed by atoms with van der Waals surface area (Å²) in [5, 5.41) is 11.7. The van der Waals surface area contributed by atoms with Gasteiger partial charge in [-0.25, -0.2) is 4.98 Å². The minimum absolute atomic E-state index is 0.192. The fraction of sp³-hybridized carbons (Fsp3) is 0.208. The van der Waals surface area contributed by atoms with Gasteiger partial charge in [-0.15, -0.1) is 0 Å². The first-order chi connectivity index (χ1) is 15.6. The third-order valence-corrected chi connectivity index (χ3v) is 4.30. The molecule has 0 saturated carbocycles. The van der Waals surface area contributed by atoms with Gasteiger partial charge in [0, 0.05) is 24.9 Å². The highest BCUT2D eigenvalue weighted by Crippen LogP contribution is 2.27. The van der Waals surface area contributed by atoms with Crippen LogP contribution >= 0.6 is 0 Å². The summed E-state index contributed by atoms with van der Waals surface area (Å²) in [5.41, 5.74) is 1.27. The van der Waals surface area contributed by atoms with Crippen molar-refractivity contribution in [3.63, 3.8) is 0 Å². The van der Waals surface area contributed by atoms with Crippen molar-refractivity contribution in [3.8, 4) is 34.9 Å². The van der Waals surface area contributed by atoms with Crippen molar-refractivity contribution in [2.24, 2.45) is 0 Å². The fourth-order valence-electron chi connectivity index (χ4n) is 2.76. The Morgan fingerprint density at radius 1 is 1.03 bits per heavy atom. The van der Waals surface area contributed by atoms with E-state index in [0.29, 0.717) is 35.3 Å². The average molecular weight is 433 g/mol. The predicted molar refractivity (Wildman–Crippen MR) is 117 cm³/mol. The van der Waals surface area contributed by atoms with E-state index in [1.54, 1.807) is 48.7 Å². The number of carbonyl (C=O) groups is 1. The lowest BCUT2D eigenvalue weighted by Gasteiger charge is -2.11. The van der Waals surface area contributed by atoms with E-state index in [2.05, 4.69) is 10.3 Å². The van der Waals surface area contributed by atoms with Crippen LogP contribution in [0.15, 0.2) is 60.8 Å². The zero-order chi connectivity index (χ0) is 22.8. The molecule has 1 amide bonds. The van der Waals surface area contributed by atoms with Gasteiger partial charge in [0.25, 0.3) is 5.91 Å². The minimum atomic E-state index is -0.304. The molecule has 8 nitrogen and oxygen atoms in total. The van der Waals surface area contributed by atoms with Crippen molar-refractivity contribution in [1.82, 2.24) is 10.3 Å². The number of hydrogen-bond donors (Lipinski definition) is 1. The molecule has 0 aliphatic rings. The number of nitrogens with zero attached hydrogens (tertiary/aromatic N) is 2. The largest absolute Gasteiger partial charge is 0.494 e. The third kappa shape index (κ3) is 6.37. The molecule has 1 N–H and O–H groups in total. The average Bonchev–Trinajstić information content (AvgIpc) is 2.83. The molecule has 0 spiro atoms. The van der Waals surface area contributed by atoms with Crippen LogP contribution < -0.4 is 24.3 Å². The van der Waals surface area contributed by atoms with Crippen LogP contribution in [-0.4, -0.2) is 31.2 Å². The Kier molecular flexibility index (Phi) is 7.87. The lowest BCUT2D eigenvalue weighted by atomic mass is 10.2. The predicted octanol–water partition coefficient (Wildman–Crippen LogP) is 3.85. The number of carbonyl (C=O) groups excluding carboxylic acids is 1. The van der Waals surface area contributed by atoms with Gasteiger partial charge in [0.15, 0.2) is 18.1 Å². The minimum Gasteiger partial charge on any atom is -0.494 e. The fourth-order valence-corrected chi connectivity index (χ4v) is 2.76. The van der Waals surface area contributed by atoms with E-state index >= 15 is 0 Å². The van der Waals surface area contributed by atoms with Crippen LogP contribution in [0.2, 0.25) is 0 Å². The Morgan fingerprint density at radius 3 is 2.53 bits per heavy atom. The van der Waals surface area contributed by atoms with Crippen LogP contribution in [0.5, 0.6) is 28.9 Å². The first-order valence-corrected chi connectivity index (χ1v) is 9.94. The van der Waals surface area contributed by atoms with Gasteiger partial charge >= 0.3 is 0 Å². The zero-order valence-electron chi connectivity index (χ0n) is 17.8. The van der Waals surface area contributed by atoms with Crippen molar-refractivity contribution < 1.29 is 23.7 Å². The molecule has 164 valence electrons. The highest BCUT2D eigenvalue weighted by atomic mass is 16.5. The van der Waals surface area contributed by atoms with E-state index in [1.807, 2.05) is 25.1 Å². The molecule has 1 heterocycles. The molecule has 8 heteroatoms. The highest BCUT2D eigenvalue weighted by Gasteiger charge is 2.09. The Morgan fingerprint density at radius 2 is 1.81 bits per heavy atom. The maximum Gasteiger partial charge on any atom is 0.258 e. The van der Waals surface area contributed by atoms with Crippen LogP contribution in [0.25, 0.3) is 0 Å². The molecule has 1 aromatic heterocycles. The smallest absolute Gasteiger partial charge is 0.258 e. The summed E-state index contributed by atoms with van der Waals surface area (Å²) in [6, 6.07) is 17.6. The topological polar surface area (TPSA) is 103 Å². The van der Waals surface area contributed by atoms with Crippen molar-refractivity contribution in [2.45, 2.75) is 13.5 Å².